The Hall–Kier alpha value is -0.940. The van der Waals surface area contributed by atoms with E-state index in [9.17, 15) is 5.11 Å². The molecule has 1 aromatic heterocycles. The van der Waals surface area contributed by atoms with Crippen molar-refractivity contribution in [3.63, 3.8) is 0 Å². The van der Waals surface area contributed by atoms with Gasteiger partial charge in [-0.3, -0.25) is 0 Å². The normalized spacial score (nSPS) is 19.9. The SMILES string of the molecule is Cc1nonc1CNC1(CO)CCCCC1. The highest BCUT2D eigenvalue weighted by atomic mass is 16.6. The molecule has 2 rings (SSSR count). The largest absolute Gasteiger partial charge is 0.394 e. The van der Waals surface area contributed by atoms with E-state index in [4.69, 9.17) is 0 Å². The van der Waals surface area contributed by atoms with E-state index in [1.165, 1.54) is 19.3 Å². The number of aliphatic hydroxyl groups is 1. The van der Waals surface area contributed by atoms with Crippen LogP contribution in [0.5, 0.6) is 0 Å². The zero-order chi connectivity index (χ0) is 11.4. The maximum absolute atomic E-state index is 9.52. The summed E-state index contributed by atoms with van der Waals surface area (Å²) in [6.07, 6.45) is 5.71. The van der Waals surface area contributed by atoms with Gasteiger partial charge in [0.2, 0.25) is 0 Å². The Kier molecular flexibility index (Phi) is 3.56. The summed E-state index contributed by atoms with van der Waals surface area (Å²) in [5, 5.41) is 20.5. The molecule has 90 valence electrons. The average molecular weight is 225 g/mol. The summed E-state index contributed by atoms with van der Waals surface area (Å²) >= 11 is 0. The van der Waals surface area contributed by atoms with E-state index in [0.29, 0.717) is 6.54 Å². The van der Waals surface area contributed by atoms with Gasteiger partial charge in [-0.2, -0.15) is 0 Å². The first kappa shape index (κ1) is 11.5. The minimum atomic E-state index is -0.121. The standard InChI is InChI=1S/C11H19N3O2/c1-9-10(14-16-13-9)7-12-11(8-15)5-3-2-4-6-11/h12,15H,2-8H2,1H3. The van der Waals surface area contributed by atoms with Gasteiger partial charge in [0, 0.05) is 12.1 Å². The second-order valence-corrected chi connectivity index (χ2v) is 4.65. The zero-order valence-corrected chi connectivity index (χ0v) is 9.70. The molecular formula is C11H19N3O2. The van der Waals surface area contributed by atoms with Crippen molar-refractivity contribution in [3.8, 4) is 0 Å². The van der Waals surface area contributed by atoms with Crippen LogP contribution in [0.25, 0.3) is 0 Å². The van der Waals surface area contributed by atoms with E-state index in [0.717, 1.165) is 24.2 Å². The summed E-state index contributed by atoms with van der Waals surface area (Å²) in [5.41, 5.74) is 1.53. The molecule has 1 saturated carbocycles. The van der Waals surface area contributed by atoms with Crippen LogP contribution >= 0.6 is 0 Å². The number of nitrogens with one attached hydrogen (secondary N) is 1. The second kappa shape index (κ2) is 4.93. The van der Waals surface area contributed by atoms with Crippen molar-refractivity contribution in [2.75, 3.05) is 6.61 Å². The molecule has 0 spiro atoms. The van der Waals surface area contributed by atoms with Gasteiger partial charge in [0.15, 0.2) is 0 Å². The summed E-state index contributed by atoms with van der Waals surface area (Å²) < 4.78 is 4.65. The second-order valence-electron chi connectivity index (χ2n) is 4.65. The minimum Gasteiger partial charge on any atom is -0.394 e. The molecule has 1 aromatic rings. The first-order chi connectivity index (χ1) is 7.76. The van der Waals surface area contributed by atoms with E-state index in [2.05, 4.69) is 20.3 Å². The molecular weight excluding hydrogens is 206 g/mol. The molecule has 1 fully saturated rings. The van der Waals surface area contributed by atoms with E-state index < -0.39 is 0 Å². The third-order valence-corrected chi connectivity index (χ3v) is 3.49. The van der Waals surface area contributed by atoms with E-state index >= 15 is 0 Å². The number of nitrogens with zero attached hydrogens (tertiary/aromatic N) is 2. The number of hydrogen-bond donors (Lipinski definition) is 2. The maximum Gasteiger partial charge on any atom is 0.121 e. The molecule has 0 saturated heterocycles. The summed E-state index contributed by atoms with van der Waals surface area (Å²) in [7, 11) is 0. The molecule has 16 heavy (non-hydrogen) atoms. The quantitative estimate of drug-likeness (QED) is 0.804. The summed E-state index contributed by atoms with van der Waals surface area (Å²) in [6.45, 7) is 2.69. The summed E-state index contributed by atoms with van der Waals surface area (Å²) in [4.78, 5) is 0. The van der Waals surface area contributed by atoms with Crippen LogP contribution < -0.4 is 5.32 Å². The van der Waals surface area contributed by atoms with Crippen LogP contribution in [0.1, 0.15) is 43.5 Å². The first-order valence-electron chi connectivity index (χ1n) is 5.90. The predicted molar refractivity (Wildman–Crippen MR) is 58.8 cm³/mol. The van der Waals surface area contributed by atoms with Crippen LogP contribution in [0.4, 0.5) is 0 Å². The van der Waals surface area contributed by atoms with Crippen molar-refractivity contribution < 1.29 is 9.74 Å². The third kappa shape index (κ3) is 2.41. The fourth-order valence-corrected chi connectivity index (χ4v) is 2.30. The van der Waals surface area contributed by atoms with Crippen LogP contribution in [0.3, 0.4) is 0 Å². The van der Waals surface area contributed by atoms with E-state index in [1.807, 2.05) is 6.92 Å². The number of aliphatic hydroxyl groups excluding tert-OH is 1. The lowest BCUT2D eigenvalue weighted by Crippen LogP contribution is -2.49. The molecule has 0 aromatic carbocycles. The van der Waals surface area contributed by atoms with Crippen molar-refractivity contribution in [1.82, 2.24) is 15.6 Å². The molecule has 0 bridgehead atoms. The van der Waals surface area contributed by atoms with E-state index in [-0.39, 0.29) is 12.1 Å². The van der Waals surface area contributed by atoms with Crippen LogP contribution in [0.15, 0.2) is 4.63 Å². The third-order valence-electron chi connectivity index (χ3n) is 3.49. The van der Waals surface area contributed by atoms with Gasteiger partial charge in [0.25, 0.3) is 0 Å². The lowest BCUT2D eigenvalue weighted by molar-refractivity contribution is 0.118. The lowest BCUT2D eigenvalue weighted by Gasteiger charge is -2.36. The fraction of sp³-hybridized carbons (Fsp3) is 0.818. The number of aryl methyl sites for hydroxylation is 1. The molecule has 0 radical (unpaired) electrons. The van der Waals surface area contributed by atoms with Gasteiger partial charge in [-0.05, 0) is 19.8 Å². The van der Waals surface area contributed by atoms with Gasteiger partial charge in [0.1, 0.15) is 11.4 Å². The van der Waals surface area contributed by atoms with Crippen molar-refractivity contribution in [2.45, 2.75) is 51.1 Å². The van der Waals surface area contributed by atoms with Crippen molar-refractivity contribution in [1.29, 1.82) is 0 Å². The Balaban J connectivity index is 1.94. The molecule has 5 nitrogen and oxygen atoms in total. The van der Waals surface area contributed by atoms with Crippen LogP contribution in [0.2, 0.25) is 0 Å². The Morgan fingerprint density at radius 3 is 2.62 bits per heavy atom. The van der Waals surface area contributed by atoms with Gasteiger partial charge in [-0.1, -0.05) is 29.6 Å². The highest BCUT2D eigenvalue weighted by Crippen LogP contribution is 2.28. The highest BCUT2D eigenvalue weighted by Gasteiger charge is 2.30. The summed E-state index contributed by atoms with van der Waals surface area (Å²) in [5.74, 6) is 0. The van der Waals surface area contributed by atoms with Crippen LogP contribution in [-0.4, -0.2) is 27.6 Å². The lowest BCUT2D eigenvalue weighted by atomic mass is 9.82. The van der Waals surface area contributed by atoms with Gasteiger partial charge in [-0.25, -0.2) is 4.63 Å². The predicted octanol–water partition coefficient (Wildman–Crippen LogP) is 1.16. The molecule has 1 aliphatic carbocycles. The molecule has 5 heteroatoms. The summed E-state index contributed by atoms with van der Waals surface area (Å²) in [6, 6.07) is 0. The fourth-order valence-electron chi connectivity index (χ4n) is 2.30. The maximum atomic E-state index is 9.52. The average Bonchev–Trinajstić information content (AvgIpc) is 2.74. The molecule has 0 amide bonds. The van der Waals surface area contributed by atoms with Crippen molar-refractivity contribution >= 4 is 0 Å². The highest BCUT2D eigenvalue weighted by molar-refractivity contribution is 5.05. The molecule has 0 aliphatic heterocycles. The van der Waals surface area contributed by atoms with Gasteiger partial charge in [0.05, 0.1) is 6.61 Å². The van der Waals surface area contributed by atoms with Crippen molar-refractivity contribution in [2.24, 2.45) is 0 Å². The Morgan fingerprint density at radius 2 is 2.06 bits per heavy atom. The molecule has 1 aliphatic rings. The first-order valence-corrected chi connectivity index (χ1v) is 5.90. The Morgan fingerprint density at radius 1 is 1.31 bits per heavy atom. The molecule has 0 unspecified atom stereocenters. The number of hydrogen-bond acceptors (Lipinski definition) is 5. The van der Waals surface area contributed by atoms with Crippen LogP contribution in [0, 0.1) is 6.92 Å². The molecule has 1 heterocycles. The van der Waals surface area contributed by atoms with Gasteiger partial charge in [-0.15, -0.1) is 0 Å². The minimum absolute atomic E-state index is 0.121. The molecule has 2 N–H and O–H groups in total. The smallest absolute Gasteiger partial charge is 0.121 e. The Labute approximate surface area is 95.2 Å². The van der Waals surface area contributed by atoms with E-state index in [1.54, 1.807) is 0 Å². The van der Waals surface area contributed by atoms with Gasteiger partial charge >= 0.3 is 0 Å². The zero-order valence-electron chi connectivity index (χ0n) is 9.70. The topological polar surface area (TPSA) is 71.2 Å². The molecule has 0 atom stereocenters. The van der Waals surface area contributed by atoms with Crippen molar-refractivity contribution in [3.05, 3.63) is 11.4 Å². The monoisotopic (exact) mass is 225 g/mol. The number of rotatable bonds is 4. The van der Waals surface area contributed by atoms with Crippen LogP contribution in [-0.2, 0) is 6.54 Å². The number of aromatic nitrogens is 2. The van der Waals surface area contributed by atoms with Gasteiger partial charge < -0.3 is 10.4 Å². The Bertz CT molecular complexity index is 332.